The van der Waals surface area contributed by atoms with Gasteiger partial charge in [0.15, 0.2) is 0 Å². The average molecular weight is 296 g/mol. The minimum absolute atomic E-state index is 1.08. The summed E-state index contributed by atoms with van der Waals surface area (Å²) in [6.07, 6.45) is 8.24. The Morgan fingerprint density at radius 3 is 2.05 bits per heavy atom. The molecule has 3 rings (SSSR count). The van der Waals surface area contributed by atoms with Crippen LogP contribution in [0.5, 0.6) is 0 Å². The molecule has 2 aromatic rings. The number of fused-ring (bicyclic) bond motifs is 2. The molecule has 0 saturated heterocycles. The predicted molar refractivity (Wildman–Crippen MR) is 94.2 cm³/mol. The van der Waals surface area contributed by atoms with Gasteiger partial charge >= 0.3 is 0 Å². The van der Waals surface area contributed by atoms with Crippen molar-refractivity contribution < 1.29 is 0 Å². The molecule has 0 fully saturated rings. The van der Waals surface area contributed by atoms with E-state index in [0.717, 1.165) is 6.42 Å². The van der Waals surface area contributed by atoms with Gasteiger partial charge in [-0.05, 0) is 42.5 Å². The molecule has 0 amide bonds. The maximum absolute atomic E-state index is 3.63. The number of hydrogen-bond acceptors (Lipinski definition) is 1. The Balaban J connectivity index is 0.000000199. The van der Waals surface area contributed by atoms with Crippen LogP contribution in [0.2, 0.25) is 0 Å². The highest BCUT2D eigenvalue weighted by molar-refractivity contribution is 7.99. The molecule has 1 heteroatoms. The quantitative estimate of drug-likeness (QED) is 0.391. The summed E-state index contributed by atoms with van der Waals surface area (Å²) in [6, 6.07) is 17.3. The van der Waals surface area contributed by atoms with E-state index in [9.17, 15) is 0 Å². The number of hydrogen-bond donors (Lipinski definition) is 0. The molecule has 21 heavy (non-hydrogen) atoms. The fourth-order valence-corrected chi connectivity index (χ4v) is 3.43. The molecule has 0 unspecified atom stereocenters. The van der Waals surface area contributed by atoms with Crippen LogP contribution in [0.1, 0.15) is 43.7 Å². The van der Waals surface area contributed by atoms with Crippen molar-refractivity contribution in [3.8, 4) is 0 Å². The molecule has 0 saturated carbocycles. The SMILES string of the molecule is C=CCCCCC.c1ccc2c(c1)Cc1ccccc1S2. The van der Waals surface area contributed by atoms with Crippen LogP contribution in [0.3, 0.4) is 0 Å². The molecule has 2 aromatic carbocycles. The third-order valence-electron chi connectivity index (χ3n) is 3.56. The summed E-state index contributed by atoms with van der Waals surface area (Å²) in [7, 11) is 0. The molecule has 0 spiro atoms. The molecular formula is C20H24S. The molecule has 0 atom stereocenters. The highest BCUT2D eigenvalue weighted by Crippen LogP contribution is 2.38. The van der Waals surface area contributed by atoms with Gasteiger partial charge in [0.1, 0.15) is 0 Å². The Morgan fingerprint density at radius 1 is 0.952 bits per heavy atom. The smallest absolute Gasteiger partial charge is 0.0157 e. The van der Waals surface area contributed by atoms with Crippen LogP contribution < -0.4 is 0 Å². The zero-order valence-corrected chi connectivity index (χ0v) is 13.7. The first-order chi connectivity index (χ1) is 10.3. The van der Waals surface area contributed by atoms with Gasteiger partial charge in [-0.15, -0.1) is 6.58 Å². The van der Waals surface area contributed by atoms with Crippen LogP contribution in [0.4, 0.5) is 0 Å². The number of rotatable bonds is 4. The van der Waals surface area contributed by atoms with Gasteiger partial charge in [0.05, 0.1) is 0 Å². The van der Waals surface area contributed by atoms with E-state index in [1.54, 1.807) is 0 Å². The lowest BCUT2D eigenvalue weighted by molar-refractivity contribution is 0.730. The monoisotopic (exact) mass is 296 g/mol. The Hall–Kier alpha value is -1.47. The van der Waals surface area contributed by atoms with Gasteiger partial charge in [0, 0.05) is 9.79 Å². The molecule has 1 aliphatic rings. The van der Waals surface area contributed by atoms with E-state index in [2.05, 4.69) is 62.0 Å². The average Bonchev–Trinajstić information content (AvgIpc) is 2.54. The summed E-state index contributed by atoms with van der Waals surface area (Å²) in [5, 5.41) is 0. The maximum Gasteiger partial charge on any atom is 0.0157 e. The van der Waals surface area contributed by atoms with Crippen molar-refractivity contribution in [2.75, 3.05) is 0 Å². The van der Waals surface area contributed by atoms with Crippen molar-refractivity contribution in [3.63, 3.8) is 0 Å². The van der Waals surface area contributed by atoms with Crippen molar-refractivity contribution in [2.24, 2.45) is 0 Å². The molecule has 0 aliphatic carbocycles. The third-order valence-corrected chi connectivity index (χ3v) is 4.79. The fraction of sp³-hybridized carbons (Fsp3) is 0.300. The Kier molecular flexibility index (Phi) is 6.62. The summed E-state index contributed by atoms with van der Waals surface area (Å²) in [6.45, 7) is 5.84. The minimum Gasteiger partial charge on any atom is -0.103 e. The van der Waals surface area contributed by atoms with Crippen molar-refractivity contribution in [1.82, 2.24) is 0 Å². The van der Waals surface area contributed by atoms with Gasteiger partial charge < -0.3 is 0 Å². The van der Waals surface area contributed by atoms with E-state index in [4.69, 9.17) is 0 Å². The summed E-state index contributed by atoms with van der Waals surface area (Å²) < 4.78 is 0. The topological polar surface area (TPSA) is 0 Å². The highest BCUT2D eigenvalue weighted by Gasteiger charge is 2.13. The van der Waals surface area contributed by atoms with E-state index in [1.807, 2.05) is 17.8 Å². The number of allylic oxidation sites excluding steroid dienone is 1. The lowest BCUT2D eigenvalue weighted by Gasteiger charge is -2.17. The standard InChI is InChI=1S/C13H10S.C7H14/c1-3-7-12-10(5-1)9-11-6-2-4-8-13(11)14-12;1-3-5-7-6-4-2/h1-8H,9H2;3H,1,4-7H2,2H3. The van der Waals surface area contributed by atoms with E-state index >= 15 is 0 Å². The fourth-order valence-electron chi connectivity index (χ4n) is 2.36. The molecule has 0 nitrogen and oxygen atoms in total. The summed E-state index contributed by atoms with van der Waals surface area (Å²) >= 11 is 1.88. The second-order valence-corrected chi connectivity index (χ2v) is 6.36. The van der Waals surface area contributed by atoms with Crippen LogP contribution in [0, 0.1) is 0 Å². The van der Waals surface area contributed by atoms with Crippen LogP contribution in [0.15, 0.2) is 71.0 Å². The molecular weight excluding hydrogens is 272 g/mol. The highest BCUT2D eigenvalue weighted by atomic mass is 32.2. The van der Waals surface area contributed by atoms with Crippen molar-refractivity contribution >= 4 is 11.8 Å². The van der Waals surface area contributed by atoms with E-state index in [-0.39, 0.29) is 0 Å². The number of unbranched alkanes of at least 4 members (excludes halogenated alkanes) is 3. The van der Waals surface area contributed by atoms with E-state index in [0.29, 0.717) is 0 Å². The number of benzene rings is 2. The first-order valence-electron chi connectivity index (χ1n) is 7.79. The van der Waals surface area contributed by atoms with Gasteiger partial charge in [-0.25, -0.2) is 0 Å². The lowest BCUT2D eigenvalue weighted by Crippen LogP contribution is -1.98. The third kappa shape index (κ3) is 4.78. The molecule has 1 aliphatic heterocycles. The summed E-state index contributed by atoms with van der Waals surface area (Å²) in [5.74, 6) is 0. The van der Waals surface area contributed by atoms with Crippen LogP contribution >= 0.6 is 11.8 Å². The first-order valence-corrected chi connectivity index (χ1v) is 8.61. The molecule has 0 radical (unpaired) electrons. The lowest BCUT2D eigenvalue weighted by atomic mass is 10.0. The second kappa shape index (κ2) is 8.74. The van der Waals surface area contributed by atoms with Crippen LogP contribution in [0.25, 0.3) is 0 Å². The van der Waals surface area contributed by atoms with Crippen molar-refractivity contribution in [1.29, 1.82) is 0 Å². The molecule has 0 bridgehead atoms. The van der Waals surface area contributed by atoms with Crippen molar-refractivity contribution in [2.45, 2.75) is 48.8 Å². The van der Waals surface area contributed by atoms with Gasteiger partial charge in [-0.1, -0.05) is 74.0 Å². The van der Waals surface area contributed by atoms with Crippen molar-refractivity contribution in [3.05, 3.63) is 72.3 Å². The first kappa shape index (κ1) is 15.9. The Labute approximate surface area is 133 Å². The summed E-state index contributed by atoms with van der Waals surface area (Å²) in [4.78, 5) is 2.82. The van der Waals surface area contributed by atoms with Gasteiger partial charge in [-0.2, -0.15) is 0 Å². The zero-order valence-electron chi connectivity index (χ0n) is 12.8. The Bertz CT molecular complexity index is 484. The van der Waals surface area contributed by atoms with E-state index in [1.165, 1.54) is 46.6 Å². The normalized spacial score (nSPS) is 11.7. The largest absolute Gasteiger partial charge is 0.103 e. The second-order valence-electron chi connectivity index (χ2n) is 5.28. The van der Waals surface area contributed by atoms with Crippen LogP contribution in [-0.2, 0) is 6.42 Å². The molecule has 0 aromatic heterocycles. The minimum atomic E-state index is 1.08. The maximum atomic E-state index is 3.63. The predicted octanol–water partition coefficient (Wildman–Crippen LogP) is 6.49. The van der Waals surface area contributed by atoms with Crippen LogP contribution in [-0.4, -0.2) is 0 Å². The molecule has 0 N–H and O–H groups in total. The van der Waals surface area contributed by atoms with Gasteiger partial charge in [0.25, 0.3) is 0 Å². The van der Waals surface area contributed by atoms with Gasteiger partial charge in [0.2, 0.25) is 0 Å². The Morgan fingerprint density at radius 2 is 1.52 bits per heavy atom. The summed E-state index contributed by atoms with van der Waals surface area (Å²) in [5.41, 5.74) is 2.91. The zero-order chi connectivity index (χ0) is 14.9. The van der Waals surface area contributed by atoms with E-state index < -0.39 is 0 Å². The van der Waals surface area contributed by atoms with Gasteiger partial charge in [-0.3, -0.25) is 0 Å². The molecule has 1 heterocycles. The molecule has 110 valence electrons.